The van der Waals surface area contributed by atoms with Crippen molar-refractivity contribution in [1.29, 1.82) is 0 Å². The fraction of sp³-hybridized carbons (Fsp3) is 0.316. The first-order valence-corrected chi connectivity index (χ1v) is 12.0. The van der Waals surface area contributed by atoms with Crippen LogP contribution < -0.4 is 4.72 Å². The molecule has 158 valence electrons. The summed E-state index contributed by atoms with van der Waals surface area (Å²) >= 11 is 7.09. The Hall–Kier alpha value is -2.27. The van der Waals surface area contributed by atoms with Gasteiger partial charge in [-0.15, -0.1) is 11.3 Å². The summed E-state index contributed by atoms with van der Waals surface area (Å²) in [5.41, 5.74) is 0.791. The number of benzene rings is 1. The van der Waals surface area contributed by atoms with Gasteiger partial charge in [0.05, 0.1) is 9.77 Å². The lowest BCUT2D eigenvalue weighted by atomic mass is 10.2. The molecule has 0 saturated carbocycles. The second kappa shape index (κ2) is 8.46. The Labute approximate surface area is 182 Å². The zero-order valence-electron chi connectivity index (χ0n) is 16.1. The van der Waals surface area contributed by atoms with Gasteiger partial charge in [0.25, 0.3) is 0 Å². The zero-order valence-corrected chi connectivity index (χ0v) is 18.5. The van der Waals surface area contributed by atoms with E-state index in [2.05, 4.69) is 14.9 Å². The molecule has 0 aliphatic carbocycles. The van der Waals surface area contributed by atoms with Crippen LogP contribution in [0.5, 0.6) is 0 Å². The second-order valence-corrected chi connectivity index (χ2v) is 10.3. The van der Waals surface area contributed by atoms with Gasteiger partial charge in [-0.05, 0) is 43.5 Å². The van der Waals surface area contributed by atoms with Crippen LogP contribution in [0.15, 0.2) is 39.8 Å². The van der Waals surface area contributed by atoms with E-state index in [9.17, 15) is 13.2 Å². The van der Waals surface area contributed by atoms with Crippen molar-refractivity contribution in [2.24, 2.45) is 0 Å². The largest absolute Gasteiger partial charge is 0.334 e. The number of carbonyl (C=O) groups is 1. The molecule has 0 radical (unpaired) electrons. The van der Waals surface area contributed by atoms with Crippen LogP contribution in [0.2, 0.25) is 5.02 Å². The minimum Gasteiger partial charge on any atom is -0.334 e. The molecule has 0 unspecified atom stereocenters. The first-order valence-electron chi connectivity index (χ1n) is 9.31. The second-order valence-electron chi connectivity index (χ2n) is 6.90. The summed E-state index contributed by atoms with van der Waals surface area (Å²) in [5, 5.41) is 4.45. The van der Waals surface area contributed by atoms with Crippen LogP contribution in [0.4, 0.5) is 0 Å². The molecule has 3 aromatic rings. The lowest BCUT2D eigenvalue weighted by Crippen LogP contribution is -2.27. The Kier molecular flexibility index (Phi) is 5.92. The predicted octanol–water partition coefficient (Wildman–Crippen LogP) is 3.47. The van der Waals surface area contributed by atoms with Gasteiger partial charge in [-0.1, -0.05) is 28.9 Å². The number of halogens is 1. The Balaban J connectivity index is 1.51. The molecular weight excluding hydrogens is 448 g/mol. The van der Waals surface area contributed by atoms with Gasteiger partial charge in [0, 0.05) is 29.5 Å². The highest BCUT2D eigenvalue weighted by Gasteiger charge is 2.27. The number of hydrogen-bond acceptors (Lipinski definition) is 7. The van der Waals surface area contributed by atoms with Gasteiger partial charge in [-0.25, -0.2) is 13.1 Å². The molecule has 2 aromatic heterocycles. The van der Waals surface area contributed by atoms with Crippen LogP contribution in [0.1, 0.15) is 34.0 Å². The van der Waals surface area contributed by atoms with Gasteiger partial charge >= 0.3 is 11.8 Å². The van der Waals surface area contributed by atoms with E-state index in [-0.39, 0.29) is 29.1 Å². The van der Waals surface area contributed by atoms with Crippen LogP contribution in [0.3, 0.4) is 0 Å². The van der Waals surface area contributed by atoms with Gasteiger partial charge in [-0.3, -0.25) is 4.79 Å². The molecule has 1 fully saturated rings. The van der Waals surface area contributed by atoms with Crippen LogP contribution in [-0.2, 0) is 16.6 Å². The smallest absolute Gasteiger partial charge is 0.316 e. The third kappa shape index (κ3) is 4.41. The molecular formula is C19H19ClN4O4S2. The highest BCUT2D eigenvalue weighted by molar-refractivity contribution is 7.89. The molecule has 0 spiro atoms. The number of thiophene rings is 1. The van der Waals surface area contributed by atoms with E-state index < -0.39 is 10.0 Å². The van der Waals surface area contributed by atoms with E-state index in [0.717, 1.165) is 18.4 Å². The van der Waals surface area contributed by atoms with Crippen molar-refractivity contribution < 1.29 is 17.7 Å². The molecule has 1 amide bonds. The lowest BCUT2D eigenvalue weighted by molar-refractivity contribution is 0.0743. The monoisotopic (exact) mass is 466 g/mol. The molecule has 1 aliphatic heterocycles. The van der Waals surface area contributed by atoms with Gasteiger partial charge in [0.2, 0.25) is 15.8 Å². The molecule has 1 saturated heterocycles. The third-order valence-electron chi connectivity index (χ3n) is 4.76. The highest BCUT2D eigenvalue weighted by atomic mass is 35.5. The molecule has 11 heteroatoms. The van der Waals surface area contributed by atoms with E-state index in [4.69, 9.17) is 16.1 Å². The maximum absolute atomic E-state index is 12.8. The summed E-state index contributed by atoms with van der Waals surface area (Å²) in [4.78, 5) is 19.5. The number of nitrogens with one attached hydrogen (secondary N) is 1. The van der Waals surface area contributed by atoms with Crippen molar-refractivity contribution >= 4 is 38.9 Å². The highest BCUT2D eigenvalue weighted by Crippen LogP contribution is 2.32. The summed E-state index contributed by atoms with van der Waals surface area (Å²) < 4.78 is 33.2. The Morgan fingerprint density at radius 3 is 2.67 bits per heavy atom. The van der Waals surface area contributed by atoms with Crippen LogP contribution in [0.25, 0.3) is 10.7 Å². The quantitative estimate of drug-likeness (QED) is 0.596. The van der Waals surface area contributed by atoms with E-state index in [1.807, 2.05) is 0 Å². The summed E-state index contributed by atoms with van der Waals surface area (Å²) in [6.07, 6.45) is 1.92. The average Bonchev–Trinajstić information content (AvgIpc) is 3.47. The summed E-state index contributed by atoms with van der Waals surface area (Å²) in [6, 6.07) is 8.43. The number of amides is 1. The van der Waals surface area contributed by atoms with Crippen molar-refractivity contribution in [3.8, 4) is 10.7 Å². The van der Waals surface area contributed by atoms with Crippen molar-refractivity contribution in [1.82, 2.24) is 19.8 Å². The summed E-state index contributed by atoms with van der Waals surface area (Å²) in [7, 11) is -3.74. The van der Waals surface area contributed by atoms with E-state index >= 15 is 0 Å². The number of carbonyl (C=O) groups excluding carboxylic acids is 1. The van der Waals surface area contributed by atoms with Crippen LogP contribution in [-0.4, -0.2) is 42.5 Å². The first kappa shape index (κ1) is 21.0. The molecule has 1 N–H and O–H groups in total. The maximum atomic E-state index is 12.8. The number of aromatic nitrogens is 2. The molecule has 1 aromatic carbocycles. The minimum atomic E-state index is -3.74. The normalized spacial score (nSPS) is 14.4. The van der Waals surface area contributed by atoms with Crippen molar-refractivity contribution in [2.45, 2.75) is 31.2 Å². The van der Waals surface area contributed by atoms with Gasteiger partial charge in [-0.2, -0.15) is 4.98 Å². The van der Waals surface area contributed by atoms with E-state index in [1.165, 1.54) is 17.4 Å². The molecule has 30 heavy (non-hydrogen) atoms. The maximum Gasteiger partial charge on any atom is 0.316 e. The predicted molar refractivity (Wildman–Crippen MR) is 113 cm³/mol. The first-order chi connectivity index (χ1) is 14.3. The number of rotatable bonds is 6. The SMILES string of the molecule is Cc1sc(-c2noc(C(=O)N3CCCC3)n2)cc1S(=O)(=O)NCc1ccc(Cl)cc1. The standard InChI is InChI=1S/C19H19ClN4O4S2/c1-12-16(30(26,27)21-11-13-4-6-14(20)7-5-13)10-15(29-12)17-22-18(28-23-17)19(25)24-8-2-3-9-24/h4-7,10,21H,2-3,8-9,11H2,1H3. The average molecular weight is 467 g/mol. The number of nitrogens with zero attached hydrogens (tertiary/aromatic N) is 3. The van der Waals surface area contributed by atoms with Gasteiger partial charge < -0.3 is 9.42 Å². The molecule has 4 rings (SSSR count). The molecule has 1 aliphatic rings. The Bertz CT molecular complexity index is 1170. The van der Waals surface area contributed by atoms with Gasteiger partial charge in [0.15, 0.2) is 0 Å². The zero-order chi connectivity index (χ0) is 21.3. The van der Waals surface area contributed by atoms with Crippen LogP contribution in [0, 0.1) is 6.92 Å². The number of aryl methyl sites for hydroxylation is 1. The topological polar surface area (TPSA) is 105 Å². The van der Waals surface area contributed by atoms with Crippen molar-refractivity contribution in [3.05, 3.63) is 51.7 Å². The Morgan fingerprint density at radius 1 is 1.27 bits per heavy atom. The number of hydrogen-bond donors (Lipinski definition) is 1. The molecule has 0 atom stereocenters. The fourth-order valence-corrected chi connectivity index (χ4v) is 5.83. The van der Waals surface area contributed by atoms with Crippen molar-refractivity contribution in [3.63, 3.8) is 0 Å². The number of sulfonamides is 1. The van der Waals surface area contributed by atoms with Gasteiger partial charge in [0.1, 0.15) is 0 Å². The molecule has 8 nitrogen and oxygen atoms in total. The summed E-state index contributed by atoms with van der Waals surface area (Å²) in [6.45, 7) is 3.20. The Morgan fingerprint density at radius 2 is 1.97 bits per heavy atom. The number of likely N-dealkylation sites (tertiary alicyclic amines) is 1. The molecule has 0 bridgehead atoms. The fourth-order valence-electron chi connectivity index (χ4n) is 3.17. The van der Waals surface area contributed by atoms with Crippen molar-refractivity contribution in [2.75, 3.05) is 13.1 Å². The third-order valence-corrected chi connectivity index (χ3v) is 7.72. The summed E-state index contributed by atoms with van der Waals surface area (Å²) in [5.74, 6) is -0.176. The minimum absolute atomic E-state index is 0.0803. The lowest BCUT2D eigenvalue weighted by Gasteiger charge is -2.10. The molecule has 3 heterocycles. The van der Waals surface area contributed by atoms with Crippen LogP contribution >= 0.6 is 22.9 Å². The van der Waals surface area contributed by atoms with E-state index in [0.29, 0.717) is 27.9 Å². The van der Waals surface area contributed by atoms with E-state index in [1.54, 1.807) is 36.1 Å².